The lowest BCUT2D eigenvalue weighted by molar-refractivity contribution is -0.147. The first-order valence-electron chi connectivity index (χ1n) is 12.3. The van der Waals surface area contributed by atoms with Crippen LogP contribution in [0.3, 0.4) is 0 Å². The van der Waals surface area contributed by atoms with E-state index < -0.39 is 12.1 Å². The summed E-state index contributed by atoms with van der Waals surface area (Å²) in [7, 11) is 1.29. The fraction of sp³-hybridized carbons (Fsp3) is 0.172. The van der Waals surface area contributed by atoms with Crippen LogP contribution in [-0.2, 0) is 9.53 Å². The predicted molar refractivity (Wildman–Crippen MR) is 159 cm³/mol. The minimum absolute atomic E-state index is 0.253. The van der Waals surface area contributed by atoms with Gasteiger partial charge in [0.1, 0.15) is 5.58 Å². The van der Waals surface area contributed by atoms with E-state index in [0.29, 0.717) is 50.4 Å². The van der Waals surface area contributed by atoms with Gasteiger partial charge in [-0.15, -0.1) is 0 Å². The summed E-state index contributed by atoms with van der Waals surface area (Å²) in [6, 6.07) is 18.0. The molecule has 0 bridgehead atoms. The molecule has 0 aliphatic rings. The van der Waals surface area contributed by atoms with E-state index in [0.717, 1.165) is 9.86 Å². The van der Waals surface area contributed by atoms with E-state index in [2.05, 4.69) is 37.0 Å². The van der Waals surface area contributed by atoms with Crippen LogP contribution in [0.2, 0.25) is 0 Å². The molecule has 0 fully saturated rings. The number of carbonyl (C=O) groups is 1. The highest BCUT2D eigenvalue weighted by molar-refractivity contribution is 9.10. The number of benzene rings is 3. The Morgan fingerprint density at radius 3 is 2.73 bits per heavy atom. The predicted octanol–water partition coefficient (Wildman–Crippen LogP) is 6.56. The zero-order valence-corrected chi connectivity index (χ0v) is 24.9. The summed E-state index contributed by atoms with van der Waals surface area (Å²) < 4.78 is 25.0. The normalized spacial score (nSPS) is 12.2. The van der Waals surface area contributed by atoms with Gasteiger partial charge < -0.3 is 18.6 Å². The number of hydrogen-bond acceptors (Lipinski definition) is 8. The molecule has 2 heterocycles. The average Bonchev–Trinajstić information content (AvgIpc) is 3.37. The number of methoxy groups -OCH3 is 1. The van der Waals surface area contributed by atoms with Crippen LogP contribution in [0.5, 0.6) is 11.5 Å². The topological polar surface area (TPSA) is 105 Å². The molecule has 0 aliphatic carbocycles. The lowest BCUT2D eigenvalue weighted by Crippen LogP contribution is -2.25. The van der Waals surface area contributed by atoms with Crippen molar-refractivity contribution in [3.8, 4) is 23.1 Å². The van der Waals surface area contributed by atoms with E-state index in [4.69, 9.17) is 23.6 Å². The Labute approximate surface area is 245 Å². The highest BCUT2D eigenvalue weighted by Crippen LogP contribution is 2.37. The van der Waals surface area contributed by atoms with Crippen LogP contribution in [0.4, 0.5) is 0 Å². The van der Waals surface area contributed by atoms with E-state index in [1.165, 1.54) is 18.0 Å². The summed E-state index contributed by atoms with van der Waals surface area (Å²) in [5.74, 6) is 0.860. The van der Waals surface area contributed by atoms with Gasteiger partial charge in [-0.3, -0.25) is 4.79 Å². The molecule has 11 heteroatoms. The van der Waals surface area contributed by atoms with Crippen LogP contribution in [0.25, 0.3) is 33.5 Å². The largest absolute Gasteiger partial charge is 0.490 e. The number of carbonyl (C=O) groups excluding carboxylic acids is 1. The number of para-hydroxylation sites is 1. The van der Waals surface area contributed by atoms with Gasteiger partial charge in [-0.1, -0.05) is 28.1 Å². The van der Waals surface area contributed by atoms with Crippen LogP contribution in [-0.4, -0.2) is 41.7 Å². The van der Waals surface area contributed by atoms with Gasteiger partial charge in [0.2, 0.25) is 5.82 Å². The fourth-order valence-electron chi connectivity index (χ4n) is 4.07. The Bertz CT molecular complexity index is 1830. The van der Waals surface area contributed by atoms with Gasteiger partial charge in [0.05, 0.1) is 35.3 Å². The minimum atomic E-state index is -0.853. The second kappa shape index (κ2) is 11.6. The molecule has 5 rings (SSSR count). The fourth-order valence-corrected chi connectivity index (χ4v) is 5.00. The van der Waals surface area contributed by atoms with E-state index in [1.807, 2.05) is 37.3 Å². The van der Waals surface area contributed by atoms with E-state index in [9.17, 15) is 9.59 Å². The molecule has 0 unspecified atom stereocenters. The lowest BCUT2D eigenvalue weighted by atomic mass is 10.2. The lowest BCUT2D eigenvalue weighted by Gasteiger charge is -2.17. The molecule has 0 N–H and O–H groups in total. The van der Waals surface area contributed by atoms with Crippen molar-refractivity contribution >= 4 is 65.9 Å². The smallest absolute Gasteiger partial charge is 0.346 e. The molecule has 0 saturated carbocycles. The standard InChI is InChI=1S/C29H23Br2N3O6/c1-4-38-24-12-17(11-21(31)26(24)39-16(2)29(36)37-3)15-32-34-27(33-22-8-6-5-7-20(22)28(34)35)25-14-18-13-19(30)9-10-23(18)40-25/h5-16H,4H2,1-3H3/t16-/m0/s1. The third-order valence-electron chi connectivity index (χ3n) is 5.93. The maximum atomic E-state index is 13.6. The third-order valence-corrected chi connectivity index (χ3v) is 7.02. The van der Waals surface area contributed by atoms with Crippen LogP contribution in [0, 0.1) is 0 Å². The van der Waals surface area contributed by atoms with Gasteiger partial charge in [0, 0.05) is 9.86 Å². The molecular formula is C29H23Br2N3O6. The first kappa shape index (κ1) is 27.6. The van der Waals surface area contributed by atoms with Gasteiger partial charge in [-0.05, 0) is 83.9 Å². The van der Waals surface area contributed by atoms with Gasteiger partial charge >= 0.3 is 5.97 Å². The molecule has 0 aliphatic heterocycles. The molecule has 3 aromatic carbocycles. The third kappa shape index (κ3) is 5.52. The molecule has 0 radical (unpaired) electrons. The number of ether oxygens (including phenoxy) is 3. The zero-order chi connectivity index (χ0) is 28.4. The van der Waals surface area contributed by atoms with E-state index >= 15 is 0 Å². The van der Waals surface area contributed by atoms with E-state index in [-0.39, 0.29) is 11.4 Å². The monoisotopic (exact) mass is 667 g/mol. The molecule has 0 amide bonds. The molecule has 2 aromatic heterocycles. The number of nitrogens with zero attached hydrogens (tertiary/aromatic N) is 3. The van der Waals surface area contributed by atoms with Crippen LogP contribution in [0.15, 0.2) is 83.9 Å². The Morgan fingerprint density at radius 2 is 1.95 bits per heavy atom. The summed E-state index contributed by atoms with van der Waals surface area (Å²) in [5, 5.41) is 5.79. The number of rotatable bonds is 8. The van der Waals surface area contributed by atoms with Crippen molar-refractivity contribution in [1.29, 1.82) is 0 Å². The van der Waals surface area contributed by atoms with Gasteiger partial charge in [-0.25, -0.2) is 9.78 Å². The van der Waals surface area contributed by atoms with Crippen molar-refractivity contribution in [1.82, 2.24) is 9.66 Å². The summed E-state index contributed by atoms with van der Waals surface area (Å²) >= 11 is 6.98. The van der Waals surface area contributed by atoms with Crippen LogP contribution in [0.1, 0.15) is 19.4 Å². The van der Waals surface area contributed by atoms with Crippen molar-refractivity contribution in [2.45, 2.75) is 20.0 Å². The zero-order valence-electron chi connectivity index (χ0n) is 21.7. The Hall–Kier alpha value is -3.96. The Kier molecular flexibility index (Phi) is 8.04. The van der Waals surface area contributed by atoms with Crippen LogP contribution < -0.4 is 15.0 Å². The quantitative estimate of drug-likeness (QED) is 0.136. The van der Waals surface area contributed by atoms with Gasteiger partial charge in [-0.2, -0.15) is 9.78 Å². The molecule has 204 valence electrons. The average molecular weight is 669 g/mol. The number of furan rings is 1. The summed E-state index contributed by atoms with van der Waals surface area (Å²) in [6.45, 7) is 3.78. The van der Waals surface area contributed by atoms with Crippen molar-refractivity contribution < 1.29 is 23.4 Å². The number of esters is 1. The molecule has 0 saturated heterocycles. The molecule has 0 spiro atoms. The number of halogens is 2. The van der Waals surface area contributed by atoms with Gasteiger partial charge in [0.25, 0.3) is 5.56 Å². The second-order valence-corrected chi connectivity index (χ2v) is 10.4. The minimum Gasteiger partial charge on any atom is -0.490 e. The molecule has 1 atom stereocenters. The highest BCUT2D eigenvalue weighted by atomic mass is 79.9. The first-order valence-corrected chi connectivity index (χ1v) is 13.8. The number of aromatic nitrogens is 2. The number of hydrogen-bond donors (Lipinski definition) is 0. The van der Waals surface area contributed by atoms with E-state index in [1.54, 1.807) is 37.3 Å². The first-order chi connectivity index (χ1) is 19.3. The molecule has 40 heavy (non-hydrogen) atoms. The van der Waals surface area contributed by atoms with Crippen molar-refractivity contribution in [2.24, 2.45) is 5.10 Å². The van der Waals surface area contributed by atoms with Crippen molar-refractivity contribution in [3.63, 3.8) is 0 Å². The highest BCUT2D eigenvalue weighted by Gasteiger charge is 2.21. The Morgan fingerprint density at radius 1 is 1.15 bits per heavy atom. The summed E-state index contributed by atoms with van der Waals surface area (Å²) in [4.78, 5) is 30.2. The molecule has 5 aromatic rings. The SMILES string of the molecule is CCOc1cc(C=Nn2c(-c3cc4cc(Br)ccc4o3)nc3ccccc3c2=O)cc(Br)c1O[C@@H](C)C(=O)OC. The Balaban J connectivity index is 1.61. The summed E-state index contributed by atoms with van der Waals surface area (Å²) in [6.07, 6.45) is 0.663. The number of fused-ring (bicyclic) bond motifs is 2. The van der Waals surface area contributed by atoms with Crippen molar-refractivity contribution in [3.05, 3.63) is 85.5 Å². The summed E-state index contributed by atoms with van der Waals surface area (Å²) in [5.41, 5.74) is 1.43. The van der Waals surface area contributed by atoms with Crippen molar-refractivity contribution in [2.75, 3.05) is 13.7 Å². The van der Waals surface area contributed by atoms with Crippen LogP contribution >= 0.6 is 31.9 Å². The maximum Gasteiger partial charge on any atom is 0.346 e. The molecule has 9 nitrogen and oxygen atoms in total. The maximum absolute atomic E-state index is 13.6. The van der Waals surface area contributed by atoms with Gasteiger partial charge in [0.15, 0.2) is 23.4 Å². The molecular weight excluding hydrogens is 646 g/mol. The second-order valence-electron chi connectivity index (χ2n) is 8.65.